The van der Waals surface area contributed by atoms with E-state index in [0.717, 1.165) is 23.7 Å². The highest BCUT2D eigenvalue weighted by molar-refractivity contribution is 4.66. The standard InChI is InChI=1S/C21H46N2/c1-18(2)9-13-22(14-10-19(3)4)17-23(15-11-20(5)6)16-12-21(7)8/h18-21H,9-17H2,1-8H3. The first-order valence-electron chi connectivity index (χ1n) is 10.1. The van der Waals surface area contributed by atoms with E-state index in [4.69, 9.17) is 0 Å². The van der Waals surface area contributed by atoms with Gasteiger partial charge in [-0.3, -0.25) is 9.80 Å². The van der Waals surface area contributed by atoms with Crippen LogP contribution >= 0.6 is 0 Å². The lowest BCUT2D eigenvalue weighted by molar-refractivity contribution is 0.112. The predicted molar refractivity (Wildman–Crippen MR) is 106 cm³/mol. The van der Waals surface area contributed by atoms with Crippen molar-refractivity contribution in [3.05, 3.63) is 0 Å². The summed E-state index contributed by atoms with van der Waals surface area (Å²) in [7, 11) is 0. The van der Waals surface area contributed by atoms with Crippen LogP contribution in [0.1, 0.15) is 81.1 Å². The molecule has 2 nitrogen and oxygen atoms in total. The Bertz CT molecular complexity index is 209. The van der Waals surface area contributed by atoms with Gasteiger partial charge < -0.3 is 0 Å². The van der Waals surface area contributed by atoms with Crippen molar-refractivity contribution in [3.8, 4) is 0 Å². The minimum atomic E-state index is 0.802. The Morgan fingerprint density at radius 2 is 0.652 bits per heavy atom. The largest absolute Gasteiger partial charge is 0.290 e. The third-order valence-electron chi connectivity index (χ3n) is 4.49. The molecule has 23 heavy (non-hydrogen) atoms. The van der Waals surface area contributed by atoms with E-state index in [1.165, 1.54) is 58.5 Å². The molecule has 0 heterocycles. The van der Waals surface area contributed by atoms with Crippen molar-refractivity contribution in [1.82, 2.24) is 9.80 Å². The van der Waals surface area contributed by atoms with Crippen molar-refractivity contribution in [2.24, 2.45) is 23.7 Å². The zero-order valence-corrected chi connectivity index (χ0v) is 17.6. The first kappa shape index (κ1) is 22.9. The van der Waals surface area contributed by atoms with E-state index in [1.54, 1.807) is 0 Å². The highest BCUT2D eigenvalue weighted by Crippen LogP contribution is 2.11. The van der Waals surface area contributed by atoms with Crippen molar-refractivity contribution in [1.29, 1.82) is 0 Å². The van der Waals surface area contributed by atoms with Crippen LogP contribution in [0.2, 0.25) is 0 Å². The monoisotopic (exact) mass is 326 g/mol. The molecule has 0 fully saturated rings. The second-order valence-corrected chi connectivity index (χ2v) is 9.11. The fourth-order valence-corrected chi connectivity index (χ4v) is 2.55. The molecule has 0 N–H and O–H groups in total. The minimum Gasteiger partial charge on any atom is -0.290 e. The maximum Gasteiger partial charge on any atom is 0.0506 e. The Hall–Kier alpha value is -0.0800. The Morgan fingerprint density at radius 3 is 0.826 bits per heavy atom. The molecule has 0 bridgehead atoms. The molecule has 0 saturated heterocycles. The zero-order valence-electron chi connectivity index (χ0n) is 17.6. The molecule has 0 spiro atoms. The summed E-state index contributed by atoms with van der Waals surface area (Å²) >= 11 is 0. The Kier molecular flexibility index (Phi) is 13.2. The van der Waals surface area contributed by atoms with Gasteiger partial charge >= 0.3 is 0 Å². The van der Waals surface area contributed by atoms with Crippen LogP contribution in [0.4, 0.5) is 0 Å². The van der Waals surface area contributed by atoms with Gasteiger partial charge in [0.2, 0.25) is 0 Å². The van der Waals surface area contributed by atoms with Crippen LogP contribution in [0.15, 0.2) is 0 Å². The number of rotatable bonds is 14. The SMILES string of the molecule is CC(C)CCN(CCC(C)C)CN(CCC(C)C)CCC(C)C. The van der Waals surface area contributed by atoms with Crippen LogP contribution in [-0.2, 0) is 0 Å². The third-order valence-corrected chi connectivity index (χ3v) is 4.49. The molecule has 0 aromatic carbocycles. The van der Waals surface area contributed by atoms with Gasteiger partial charge in [-0.05, 0) is 75.5 Å². The molecule has 0 aliphatic carbocycles. The third kappa shape index (κ3) is 15.2. The maximum absolute atomic E-state index is 2.71. The summed E-state index contributed by atoms with van der Waals surface area (Å²) in [5.41, 5.74) is 0. The molecule has 0 radical (unpaired) electrons. The van der Waals surface area contributed by atoms with Crippen LogP contribution in [0.3, 0.4) is 0 Å². The molecule has 0 amide bonds. The number of nitrogens with zero attached hydrogens (tertiary/aromatic N) is 2. The molecule has 0 aromatic heterocycles. The Morgan fingerprint density at radius 1 is 0.435 bits per heavy atom. The molecule has 0 aliphatic rings. The van der Waals surface area contributed by atoms with Crippen molar-refractivity contribution in [2.45, 2.75) is 81.1 Å². The summed E-state index contributed by atoms with van der Waals surface area (Å²) in [5, 5.41) is 0. The van der Waals surface area contributed by atoms with Gasteiger partial charge in [0.1, 0.15) is 0 Å². The summed E-state index contributed by atoms with van der Waals surface area (Å²) in [5.74, 6) is 3.21. The minimum absolute atomic E-state index is 0.802. The number of hydrogen-bond donors (Lipinski definition) is 0. The summed E-state index contributed by atoms with van der Waals surface area (Å²) in [4.78, 5) is 5.42. The van der Waals surface area contributed by atoms with Crippen molar-refractivity contribution in [3.63, 3.8) is 0 Å². The van der Waals surface area contributed by atoms with Gasteiger partial charge in [0.25, 0.3) is 0 Å². The van der Waals surface area contributed by atoms with E-state index >= 15 is 0 Å². The van der Waals surface area contributed by atoms with E-state index < -0.39 is 0 Å². The second-order valence-electron chi connectivity index (χ2n) is 9.11. The summed E-state index contributed by atoms with van der Waals surface area (Å²) < 4.78 is 0. The van der Waals surface area contributed by atoms with Gasteiger partial charge in [0, 0.05) is 0 Å². The number of hydrogen-bond acceptors (Lipinski definition) is 2. The molecule has 140 valence electrons. The highest BCUT2D eigenvalue weighted by atomic mass is 15.3. The van der Waals surface area contributed by atoms with E-state index in [0.29, 0.717) is 0 Å². The van der Waals surface area contributed by atoms with Gasteiger partial charge in [0.15, 0.2) is 0 Å². The van der Waals surface area contributed by atoms with Gasteiger partial charge in [-0.1, -0.05) is 55.4 Å². The smallest absolute Gasteiger partial charge is 0.0506 e. The van der Waals surface area contributed by atoms with Crippen molar-refractivity contribution < 1.29 is 0 Å². The van der Waals surface area contributed by atoms with E-state index in [2.05, 4.69) is 65.2 Å². The molecule has 0 rings (SSSR count). The van der Waals surface area contributed by atoms with E-state index in [1.807, 2.05) is 0 Å². The summed E-state index contributed by atoms with van der Waals surface area (Å²) in [6, 6.07) is 0. The summed E-state index contributed by atoms with van der Waals surface area (Å²) in [6.07, 6.45) is 5.28. The Balaban J connectivity index is 4.56. The van der Waals surface area contributed by atoms with E-state index in [9.17, 15) is 0 Å². The van der Waals surface area contributed by atoms with E-state index in [-0.39, 0.29) is 0 Å². The molecular formula is C21H46N2. The zero-order chi connectivity index (χ0) is 17.8. The first-order valence-corrected chi connectivity index (χ1v) is 10.1. The van der Waals surface area contributed by atoms with Crippen LogP contribution < -0.4 is 0 Å². The quantitative estimate of drug-likeness (QED) is 0.376. The van der Waals surface area contributed by atoms with Crippen molar-refractivity contribution >= 4 is 0 Å². The highest BCUT2D eigenvalue weighted by Gasteiger charge is 2.13. The fraction of sp³-hybridized carbons (Fsp3) is 1.00. The maximum atomic E-state index is 2.71. The van der Waals surface area contributed by atoms with Crippen LogP contribution in [0.25, 0.3) is 0 Å². The van der Waals surface area contributed by atoms with Crippen molar-refractivity contribution in [2.75, 3.05) is 32.8 Å². The van der Waals surface area contributed by atoms with Crippen LogP contribution in [-0.4, -0.2) is 42.6 Å². The fourth-order valence-electron chi connectivity index (χ4n) is 2.55. The molecule has 0 aromatic rings. The van der Waals surface area contributed by atoms with Gasteiger partial charge in [-0.25, -0.2) is 0 Å². The lowest BCUT2D eigenvalue weighted by atomic mass is 10.1. The molecule has 2 heteroatoms. The topological polar surface area (TPSA) is 6.48 Å². The molecule has 0 atom stereocenters. The lowest BCUT2D eigenvalue weighted by Crippen LogP contribution is -2.41. The normalized spacial score (nSPS) is 12.8. The second kappa shape index (κ2) is 13.2. The molecular weight excluding hydrogens is 280 g/mol. The predicted octanol–water partition coefficient (Wildman–Crippen LogP) is 5.73. The molecule has 0 unspecified atom stereocenters. The van der Waals surface area contributed by atoms with Gasteiger partial charge in [-0.15, -0.1) is 0 Å². The average Bonchev–Trinajstić information content (AvgIpc) is 2.43. The van der Waals surface area contributed by atoms with Gasteiger partial charge in [-0.2, -0.15) is 0 Å². The van der Waals surface area contributed by atoms with Gasteiger partial charge in [0.05, 0.1) is 6.67 Å². The Labute approximate surface area is 148 Å². The first-order chi connectivity index (χ1) is 10.7. The molecule has 0 saturated carbocycles. The van der Waals surface area contributed by atoms with Crippen LogP contribution in [0.5, 0.6) is 0 Å². The molecule has 0 aliphatic heterocycles. The van der Waals surface area contributed by atoms with Crippen LogP contribution in [0, 0.1) is 23.7 Å². The lowest BCUT2D eigenvalue weighted by Gasteiger charge is -2.32. The summed E-state index contributed by atoms with van der Waals surface area (Å²) in [6.45, 7) is 24.9. The average molecular weight is 327 g/mol.